The summed E-state index contributed by atoms with van der Waals surface area (Å²) in [5, 5.41) is 13.5. The van der Waals surface area contributed by atoms with Gasteiger partial charge in [-0.2, -0.15) is 0 Å². The average Bonchev–Trinajstić information content (AvgIpc) is 2.92. The van der Waals surface area contributed by atoms with Crippen LogP contribution in [0.5, 0.6) is 0 Å². The number of hydrogen-bond donors (Lipinski definition) is 2. The molecule has 1 saturated carbocycles. The molecule has 0 spiro atoms. The molecule has 3 unspecified atom stereocenters. The first-order valence-electron chi connectivity index (χ1n) is 7.16. The van der Waals surface area contributed by atoms with Crippen LogP contribution >= 0.6 is 0 Å². The second kappa shape index (κ2) is 5.22. The van der Waals surface area contributed by atoms with Crippen LogP contribution in [0.3, 0.4) is 0 Å². The number of fused-ring (bicyclic) bond motifs is 2. The quantitative estimate of drug-likeness (QED) is 0.709. The van der Waals surface area contributed by atoms with Crippen LogP contribution in [0.1, 0.15) is 19.3 Å². The van der Waals surface area contributed by atoms with Gasteiger partial charge in [-0.25, -0.2) is 0 Å². The van der Waals surface area contributed by atoms with Crippen LogP contribution < -0.4 is 5.32 Å². The maximum absolute atomic E-state index is 10.2. The highest BCUT2D eigenvalue weighted by Crippen LogP contribution is 2.37. The lowest BCUT2D eigenvalue weighted by Gasteiger charge is -2.33. The summed E-state index contributed by atoms with van der Waals surface area (Å²) >= 11 is 0. The number of nitrogens with zero attached hydrogens (tertiary/aromatic N) is 2. The molecule has 3 rings (SSSR count). The first-order chi connectivity index (χ1) is 8.31. The lowest BCUT2D eigenvalue weighted by atomic mass is 10.1. The van der Waals surface area contributed by atoms with Gasteiger partial charge in [-0.15, -0.1) is 0 Å². The van der Waals surface area contributed by atoms with E-state index in [-0.39, 0.29) is 6.10 Å². The van der Waals surface area contributed by atoms with Gasteiger partial charge in [0.2, 0.25) is 0 Å². The van der Waals surface area contributed by atoms with Crippen molar-refractivity contribution in [1.82, 2.24) is 15.1 Å². The van der Waals surface area contributed by atoms with Gasteiger partial charge in [0.05, 0.1) is 6.10 Å². The highest BCUT2D eigenvalue weighted by atomic mass is 16.3. The van der Waals surface area contributed by atoms with Crippen LogP contribution in [0.15, 0.2) is 0 Å². The molecule has 2 heterocycles. The van der Waals surface area contributed by atoms with Crippen molar-refractivity contribution in [3.05, 3.63) is 0 Å². The molecule has 4 heteroatoms. The fourth-order valence-corrected chi connectivity index (χ4v) is 3.77. The average molecular weight is 239 g/mol. The van der Waals surface area contributed by atoms with Crippen LogP contribution in [0, 0.1) is 5.92 Å². The van der Waals surface area contributed by atoms with Gasteiger partial charge >= 0.3 is 0 Å². The van der Waals surface area contributed by atoms with Crippen LogP contribution in [0.2, 0.25) is 0 Å². The number of aliphatic hydroxyl groups is 1. The topological polar surface area (TPSA) is 38.7 Å². The van der Waals surface area contributed by atoms with Crippen molar-refractivity contribution in [2.75, 3.05) is 45.8 Å². The van der Waals surface area contributed by atoms with E-state index in [1.165, 1.54) is 25.8 Å². The molecular weight excluding hydrogens is 214 g/mol. The summed E-state index contributed by atoms with van der Waals surface area (Å²) in [6, 6.07) is 0.790. The number of aliphatic hydroxyl groups excluding tert-OH is 1. The van der Waals surface area contributed by atoms with Gasteiger partial charge in [0, 0.05) is 51.9 Å². The molecule has 1 aliphatic carbocycles. The van der Waals surface area contributed by atoms with Gasteiger partial charge < -0.3 is 10.4 Å². The van der Waals surface area contributed by atoms with Gasteiger partial charge in [-0.1, -0.05) is 0 Å². The Morgan fingerprint density at radius 1 is 1.18 bits per heavy atom. The van der Waals surface area contributed by atoms with Gasteiger partial charge in [0.25, 0.3) is 0 Å². The maximum atomic E-state index is 10.2. The monoisotopic (exact) mass is 239 g/mol. The largest absolute Gasteiger partial charge is 0.390 e. The Kier molecular flexibility index (Phi) is 3.66. The number of β-amino-alcohol motifs (C(OH)–C–C–N with tert-alkyl or cyclic N) is 1. The highest BCUT2D eigenvalue weighted by Gasteiger charge is 2.38. The van der Waals surface area contributed by atoms with Crippen molar-refractivity contribution in [2.45, 2.75) is 31.4 Å². The van der Waals surface area contributed by atoms with E-state index in [2.05, 4.69) is 15.1 Å². The number of hydrogen-bond acceptors (Lipinski definition) is 4. The molecule has 2 bridgehead atoms. The number of rotatable bonds is 4. The fraction of sp³-hybridized carbons (Fsp3) is 1.00. The van der Waals surface area contributed by atoms with E-state index in [4.69, 9.17) is 0 Å². The fourth-order valence-electron chi connectivity index (χ4n) is 3.77. The van der Waals surface area contributed by atoms with E-state index in [1.807, 2.05) is 0 Å². The van der Waals surface area contributed by atoms with Gasteiger partial charge in [0.15, 0.2) is 0 Å². The zero-order valence-electron chi connectivity index (χ0n) is 10.6. The molecule has 0 aromatic heterocycles. The van der Waals surface area contributed by atoms with Crippen LogP contribution in [-0.4, -0.2) is 72.9 Å². The van der Waals surface area contributed by atoms with E-state index in [1.54, 1.807) is 0 Å². The van der Waals surface area contributed by atoms with E-state index in [9.17, 15) is 5.11 Å². The van der Waals surface area contributed by atoms with Crippen LogP contribution in [0.4, 0.5) is 0 Å². The molecule has 17 heavy (non-hydrogen) atoms. The molecule has 3 aliphatic rings. The van der Waals surface area contributed by atoms with E-state index >= 15 is 0 Å². The molecule has 0 radical (unpaired) electrons. The van der Waals surface area contributed by atoms with Gasteiger partial charge in [-0.3, -0.25) is 9.80 Å². The zero-order valence-corrected chi connectivity index (χ0v) is 10.6. The van der Waals surface area contributed by atoms with Crippen molar-refractivity contribution < 1.29 is 5.11 Å². The van der Waals surface area contributed by atoms with Crippen molar-refractivity contribution in [1.29, 1.82) is 0 Å². The molecule has 0 amide bonds. The second-order valence-electron chi connectivity index (χ2n) is 5.99. The summed E-state index contributed by atoms with van der Waals surface area (Å²) in [6.45, 7) is 7.30. The third-order valence-corrected chi connectivity index (χ3v) is 4.65. The maximum Gasteiger partial charge on any atom is 0.0793 e. The first-order valence-corrected chi connectivity index (χ1v) is 7.16. The van der Waals surface area contributed by atoms with Crippen molar-refractivity contribution in [2.24, 2.45) is 5.92 Å². The highest BCUT2D eigenvalue weighted by molar-refractivity contribution is 4.93. The summed E-state index contributed by atoms with van der Waals surface area (Å²) in [4.78, 5) is 4.91. The minimum Gasteiger partial charge on any atom is -0.390 e. The molecule has 3 fully saturated rings. The standard InChI is InChI=1S/C13H25N3O/c17-13(9-15-5-3-14-4-6-15)10-16-8-11-1-2-12(16)7-11/h11-14,17H,1-10H2. The summed E-state index contributed by atoms with van der Waals surface area (Å²) in [5.41, 5.74) is 0. The lowest BCUT2D eigenvalue weighted by Crippen LogP contribution is -2.49. The summed E-state index contributed by atoms with van der Waals surface area (Å²) in [6.07, 6.45) is 4.02. The zero-order chi connectivity index (χ0) is 11.7. The number of piperazine rings is 1. The number of nitrogens with one attached hydrogen (secondary N) is 1. The first kappa shape index (κ1) is 11.9. The van der Waals surface area contributed by atoms with Crippen molar-refractivity contribution in [3.8, 4) is 0 Å². The molecule has 98 valence electrons. The van der Waals surface area contributed by atoms with Crippen molar-refractivity contribution >= 4 is 0 Å². The predicted octanol–water partition coefficient (Wildman–Crippen LogP) is -0.263. The Labute approximate surface area is 104 Å². The minimum atomic E-state index is -0.160. The summed E-state index contributed by atoms with van der Waals surface area (Å²) < 4.78 is 0. The Hall–Kier alpha value is -0.160. The molecule has 2 N–H and O–H groups in total. The Morgan fingerprint density at radius 2 is 2.00 bits per heavy atom. The predicted molar refractivity (Wildman–Crippen MR) is 68.0 cm³/mol. The lowest BCUT2D eigenvalue weighted by molar-refractivity contribution is 0.0590. The van der Waals surface area contributed by atoms with E-state index < -0.39 is 0 Å². The molecule has 0 aromatic carbocycles. The molecule has 2 aliphatic heterocycles. The Morgan fingerprint density at radius 3 is 2.65 bits per heavy atom. The number of likely N-dealkylation sites (tertiary alicyclic amines) is 1. The van der Waals surface area contributed by atoms with E-state index in [0.717, 1.165) is 51.2 Å². The van der Waals surface area contributed by atoms with Gasteiger partial charge in [0.1, 0.15) is 0 Å². The normalized spacial score (nSPS) is 36.5. The molecule has 0 aromatic rings. The van der Waals surface area contributed by atoms with E-state index in [0.29, 0.717) is 0 Å². The third kappa shape index (κ3) is 2.81. The van der Waals surface area contributed by atoms with Gasteiger partial charge in [-0.05, 0) is 25.2 Å². The SMILES string of the molecule is OC(CN1CCNCC1)CN1CC2CCC1C2. The summed E-state index contributed by atoms with van der Waals surface area (Å²) in [5.74, 6) is 0.936. The molecule has 3 atom stereocenters. The molecule has 2 saturated heterocycles. The third-order valence-electron chi connectivity index (χ3n) is 4.65. The Bertz CT molecular complexity index is 255. The van der Waals surface area contributed by atoms with Crippen molar-refractivity contribution in [3.63, 3.8) is 0 Å². The summed E-state index contributed by atoms with van der Waals surface area (Å²) in [7, 11) is 0. The molecule has 4 nitrogen and oxygen atoms in total. The van der Waals surface area contributed by atoms with Crippen LogP contribution in [-0.2, 0) is 0 Å². The minimum absolute atomic E-state index is 0.160. The number of piperidine rings is 1. The molecular formula is C13H25N3O. The van der Waals surface area contributed by atoms with Crippen LogP contribution in [0.25, 0.3) is 0 Å². The Balaban J connectivity index is 1.42. The smallest absolute Gasteiger partial charge is 0.0793 e. The second-order valence-corrected chi connectivity index (χ2v) is 5.99.